The first-order chi connectivity index (χ1) is 15.3. The molecule has 12 heteroatoms. The summed E-state index contributed by atoms with van der Waals surface area (Å²) >= 11 is 7.31. The molecule has 0 saturated carbocycles. The first-order valence-electron chi connectivity index (χ1n) is 9.08. The highest BCUT2D eigenvalue weighted by Gasteiger charge is 2.30. The summed E-state index contributed by atoms with van der Waals surface area (Å²) in [6.07, 6.45) is -3.12. The minimum atomic E-state index is -4.44. The Bertz CT molecular complexity index is 1180. The summed E-state index contributed by atoms with van der Waals surface area (Å²) in [5.74, 6) is 0.647. The second kappa shape index (κ2) is 9.05. The summed E-state index contributed by atoms with van der Waals surface area (Å²) in [6.45, 7) is 0.112. The van der Waals surface area contributed by atoms with Gasteiger partial charge in [0.05, 0.1) is 28.9 Å². The highest BCUT2D eigenvalue weighted by Crippen LogP contribution is 2.36. The maximum atomic E-state index is 12.8. The Kier molecular flexibility index (Phi) is 6.19. The fourth-order valence-electron chi connectivity index (χ4n) is 2.75. The smallest absolute Gasteiger partial charge is 0.416 e. The van der Waals surface area contributed by atoms with Crippen molar-refractivity contribution in [3.63, 3.8) is 0 Å². The lowest BCUT2D eigenvalue weighted by Crippen LogP contribution is -2.20. The topological polar surface area (TPSA) is 84.8 Å². The number of benzene rings is 2. The normalized spacial score (nSPS) is 12.9. The number of hydrogen-bond donors (Lipinski definition) is 2. The number of amides is 1. The molecule has 2 heterocycles. The molecule has 0 atom stereocenters. The number of thiazole rings is 1. The van der Waals surface area contributed by atoms with E-state index in [0.29, 0.717) is 32.9 Å². The number of aromatic nitrogens is 1. The maximum absolute atomic E-state index is 12.8. The highest BCUT2D eigenvalue weighted by molar-refractivity contribution is 7.13. The highest BCUT2D eigenvalue weighted by atomic mass is 35.5. The van der Waals surface area contributed by atoms with Gasteiger partial charge in [-0.05, 0) is 24.3 Å². The number of alkyl halides is 3. The van der Waals surface area contributed by atoms with E-state index in [4.69, 9.17) is 21.1 Å². The third-order valence-electron chi connectivity index (χ3n) is 4.22. The number of nitrogens with zero attached hydrogens (tertiary/aromatic N) is 2. The van der Waals surface area contributed by atoms with Crippen molar-refractivity contribution < 1.29 is 27.4 Å². The summed E-state index contributed by atoms with van der Waals surface area (Å²) in [6, 6.07) is 8.02. The van der Waals surface area contributed by atoms with E-state index in [-0.39, 0.29) is 18.9 Å². The van der Waals surface area contributed by atoms with E-state index in [2.05, 4.69) is 20.8 Å². The minimum absolute atomic E-state index is 0.0625. The van der Waals surface area contributed by atoms with Crippen LogP contribution in [0.1, 0.15) is 16.8 Å². The van der Waals surface area contributed by atoms with Crippen molar-refractivity contribution in [2.45, 2.75) is 12.6 Å². The van der Waals surface area contributed by atoms with Gasteiger partial charge >= 0.3 is 6.18 Å². The van der Waals surface area contributed by atoms with Gasteiger partial charge in [-0.2, -0.15) is 18.3 Å². The summed E-state index contributed by atoms with van der Waals surface area (Å²) in [4.78, 5) is 16.3. The molecule has 7 nitrogen and oxygen atoms in total. The number of rotatable bonds is 6. The largest absolute Gasteiger partial charge is 0.454 e. The molecule has 1 aliphatic rings. The van der Waals surface area contributed by atoms with E-state index >= 15 is 0 Å². The Labute approximate surface area is 188 Å². The fraction of sp³-hybridized carbons (Fsp3) is 0.150. The summed E-state index contributed by atoms with van der Waals surface area (Å²) in [7, 11) is 0. The van der Waals surface area contributed by atoms with Crippen molar-refractivity contribution in [2.24, 2.45) is 5.10 Å². The lowest BCUT2D eigenvalue weighted by Gasteiger charge is -2.08. The van der Waals surface area contributed by atoms with E-state index in [9.17, 15) is 18.0 Å². The number of hydrogen-bond acceptors (Lipinski definition) is 7. The molecule has 3 aromatic rings. The number of ether oxygens (including phenoxy) is 2. The molecule has 2 aromatic carbocycles. The lowest BCUT2D eigenvalue weighted by molar-refractivity contribution is -0.137. The van der Waals surface area contributed by atoms with Crippen LogP contribution in [-0.4, -0.2) is 23.9 Å². The molecule has 166 valence electrons. The van der Waals surface area contributed by atoms with Gasteiger partial charge in [-0.25, -0.2) is 10.4 Å². The molecular formula is C20H14ClF3N4O3S. The number of anilines is 2. The summed E-state index contributed by atoms with van der Waals surface area (Å²) in [5.41, 5.74) is 2.84. The molecule has 0 radical (unpaired) electrons. The zero-order chi connectivity index (χ0) is 22.7. The molecule has 1 aromatic heterocycles. The minimum Gasteiger partial charge on any atom is -0.454 e. The van der Waals surface area contributed by atoms with Gasteiger partial charge in [-0.3, -0.25) is 4.79 Å². The van der Waals surface area contributed by atoms with Crippen LogP contribution in [0.4, 0.5) is 24.0 Å². The van der Waals surface area contributed by atoms with E-state index in [0.717, 1.165) is 12.1 Å². The zero-order valence-electron chi connectivity index (χ0n) is 16.1. The van der Waals surface area contributed by atoms with Crippen LogP contribution in [0.2, 0.25) is 5.02 Å². The second-order valence-corrected chi connectivity index (χ2v) is 7.81. The van der Waals surface area contributed by atoms with Crippen molar-refractivity contribution in [1.82, 2.24) is 10.4 Å². The molecule has 4 rings (SSSR count). The molecule has 0 bridgehead atoms. The molecule has 0 saturated heterocycles. The number of carbonyl (C=O) groups is 1. The molecule has 0 unspecified atom stereocenters. The summed E-state index contributed by atoms with van der Waals surface area (Å²) in [5, 5.41) is 9.07. The lowest BCUT2D eigenvalue weighted by atomic mass is 10.2. The van der Waals surface area contributed by atoms with Crippen LogP contribution < -0.4 is 20.2 Å². The molecule has 1 amide bonds. The fourth-order valence-corrected chi connectivity index (χ4v) is 3.68. The van der Waals surface area contributed by atoms with Crippen molar-refractivity contribution in [3.05, 3.63) is 63.6 Å². The third kappa shape index (κ3) is 5.29. The van der Waals surface area contributed by atoms with Gasteiger partial charge < -0.3 is 14.8 Å². The molecule has 32 heavy (non-hydrogen) atoms. The first kappa shape index (κ1) is 21.9. The standard InChI is InChI=1S/C20H14ClF3N4O3S/c21-15-7-17-16(30-10-31-17)4-11(15)8-25-28-18(29)6-14-9-32-19(27-14)26-13-3-1-2-12(5-13)20(22,23)24/h1-5,7-9H,6,10H2,(H,26,27)(H,28,29)/b25-8-. The third-order valence-corrected chi connectivity index (χ3v) is 5.35. The maximum Gasteiger partial charge on any atom is 0.416 e. The van der Waals surface area contributed by atoms with Crippen molar-refractivity contribution in [3.8, 4) is 11.5 Å². The number of halogens is 4. The Hall–Kier alpha value is -3.31. The van der Waals surface area contributed by atoms with E-state index in [1.807, 2.05) is 0 Å². The van der Waals surface area contributed by atoms with Crippen molar-refractivity contribution >= 4 is 45.9 Å². The molecule has 2 N–H and O–H groups in total. The molecule has 0 fully saturated rings. The monoisotopic (exact) mass is 482 g/mol. The van der Waals surface area contributed by atoms with E-state index < -0.39 is 17.6 Å². The van der Waals surface area contributed by atoms with E-state index in [1.54, 1.807) is 17.5 Å². The van der Waals surface area contributed by atoms with Crippen LogP contribution in [0.3, 0.4) is 0 Å². The number of carbonyl (C=O) groups excluding carboxylic acids is 1. The van der Waals surface area contributed by atoms with Crippen LogP contribution in [0.5, 0.6) is 11.5 Å². The predicted octanol–water partition coefficient (Wildman–Crippen LogP) is 4.98. The van der Waals surface area contributed by atoms with Crippen LogP contribution >= 0.6 is 22.9 Å². The number of fused-ring (bicyclic) bond motifs is 1. The van der Waals surface area contributed by atoms with Gasteiger partial charge in [0.1, 0.15) is 0 Å². The summed E-state index contributed by atoms with van der Waals surface area (Å²) < 4.78 is 49.0. The first-order valence-corrected chi connectivity index (χ1v) is 10.3. The van der Waals surface area contributed by atoms with Crippen molar-refractivity contribution in [1.29, 1.82) is 0 Å². The quantitative estimate of drug-likeness (QED) is 0.382. The number of nitrogens with one attached hydrogen (secondary N) is 2. The van der Waals surface area contributed by atoms with Crippen LogP contribution in [0.25, 0.3) is 0 Å². The van der Waals surface area contributed by atoms with Gasteiger partial charge in [0.25, 0.3) is 0 Å². The Morgan fingerprint density at radius 2 is 2.03 bits per heavy atom. The average Bonchev–Trinajstić information content (AvgIpc) is 3.36. The van der Waals surface area contributed by atoms with Crippen LogP contribution in [0.15, 0.2) is 46.9 Å². The molecular weight excluding hydrogens is 469 g/mol. The predicted molar refractivity (Wildman–Crippen MR) is 114 cm³/mol. The Balaban J connectivity index is 1.33. The van der Waals surface area contributed by atoms with Gasteiger partial charge in [0.15, 0.2) is 16.6 Å². The van der Waals surface area contributed by atoms with E-state index in [1.165, 1.54) is 29.7 Å². The van der Waals surface area contributed by atoms with Gasteiger partial charge in [0.2, 0.25) is 12.7 Å². The van der Waals surface area contributed by atoms with Crippen LogP contribution in [0, 0.1) is 0 Å². The second-order valence-electron chi connectivity index (χ2n) is 6.54. The number of hydrazone groups is 1. The van der Waals surface area contributed by atoms with Gasteiger partial charge in [-0.1, -0.05) is 17.7 Å². The van der Waals surface area contributed by atoms with Gasteiger partial charge in [-0.15, -0.1) is 11.3 Å². The van der Waals surface area contributed by atoms with Crippen LogP contribution in [-0.2, 0) is 17.4 Å². The Morgan fingerprint density at radius 1 is 1.25 bits per heavy atom. The molecule has 0 spiro atoms. The molecule has 0 aliphatic carbocycles. The average molecular weight is 483 g/mol. The van der Waals surface area contributed by atoms with Gasteiger partial charge in [0, 0.05) is 22.7 Å². The molecule has 1 aliphatic heterocycles. The Morgan fingerprint density at radius 3 is 2.81 bits per heavy atom. The zero-order valence-corrected chi connectivity index (χ0v) is 17.6. The van der Waals surface area contributed by atoms with Crippen molar-refractivity contribution in [2.75, 3.05) is 12.1 Å². The SMILES string of the molecule is O=C(Cc1csc(Nc2cccc(C(F)(F)F)c2)n1)N/N=C\c1cc2c(cc1Cl)OCO2.